The van der Waals surface area contributed by atoms with E-state index in [1.807, 2.05) is 12.3 Å². The molecule has 1 amide bonds. The normalized spacial score (nSPS) is 18.7. The van der Waals surface area contributed by atoms with Gasteiger partial charge in [0.1, 0.15) is 12.1 Å². The van der Waals surface area contributed by atoms with Crippen molar-refractivity contribution < 1.29 is 4.79 Å². The van der Waals surface area contributed by atoms with Crippen LogP contribution in [-0.2, 0) is 11.3 Å². The van der Waals surface area contributed by atoms with E-state index in [2.05, 4.69) is 49.4 Å². The number of aromatic nitrogens is 3. The number of carbonyl (C=O) groups is 1. The first-order valence-corrected chi connectivity index (χ1v) is 13.0. The maximum absolute atomic E-state index is 13.2. The molecule has 6 heteroatoms. The van der Waals surface area contributed by atoms with E-state index in [0.29, 0.717) is 36.9 Å². The van der Waals surface area contributed by atoms with E-state index < -0.39 is 0 Å². The Bertz CT molecular complexity index is 1180. The van der Waals surface area contributed by atoms with Crippen molar-refractivity contribution in [3.63, 3.8) is 0 Å². The lowest BCUT2D eigenvalue weighted by Gasteiger charge is -2.27. The van der Waals surface area contributed by atoms with E-state index >= 15 is 0 Å². The second-order valence-corrected chi connectivity index (χ2v) is 10.4. The highest BCUT2D eigenvalue weighted by Gasteiger charge is 2.33. The smallest absolute Gasteiger partial charge is 0.223 e. The summed E-state index contributed by atoms with van der Waals surface area (Å²) < 4.78 is 0. The maximum atomic E-state index is 13.2. The standard InChI is InChI=1S/C28H33N5O/c34-27(14-19-4-2-1-3-5-19)33(24-9-10-24)17-23-15-21(12-13-29-23)20-6-11-26-25(16-20)28(31-18-30-26)32-22-7-8-22/h6,11-13,15-16,18-19,22,24H,1-5,7-10,14,17H2,(H,30,31,32). The molecule has 1 N–H and O–H groups in total. The molecule has 3 saturated carbocycles. The third kappa shape index (κ3) is 4.91. The van der Waals surface area contributed by atoms with Crippen molar-refractivity contribution >= 4 is 22.6 Å². The number of amides is 1. The van der Waals surface area contributed by atoms with Crippen LogP contribution in [-0.4, -0.2) is 37.8 Å². The van der Waals surface area contributed by atoms with Gasteiger partial charge in [-0.25, -0.2) is 9.97 Å². The number of hydrogen-bond donors (Lipinski definition) is 1. The van der Waals surface area contributed by atoms with Gasteiger partial charge in [-0.15, -0.1) is 0 Å². The first kappa shape index (κ1) is 21.5. The van der Waals surface area contributed by atoms with Gasteiger partial charge in [-0.1, -0.05) is 25.3 Å². The Morgan fingerprint density at radius 2 is 1.74 bits per heavy atom. The summed E-state index contributed by atoms with van der Waals surface area (Å²) in [5, 5.41) is 4.58. The number of carbonyl (C=O) groups excluding carboxylic acids is 1. The Kier molecular flexibility index (Phi) is 5.90. The molecule has 3 fully saturated rings. The maximum Gasteiger partial charge on any atom is 0.223 e. The summed E-state index contributed by atoms with van der Waals surface area (Å²) in [6, 6.07) is 11.5. The molecule has 2 aromatic heterocycles. The van der Waals surface area contributed by atoms with Crippen LogP contribution in [0.5, 0.6) is 0 Å². The number of fused-ring (bicyclic) bond motifs is 1. The van der Waals surface area contributed by atoms with Crippen LogP contribution in [0.4, 0.5) is 5.82 Å². The van der Waals surface area contributed by atoms with Gasteiger partial charge in [0, 0.05) is 30.1 Å². The molecule has 2 heterocycles. The van der Waals surface area contributed by atoms with Crippen LogP contribution in [0.15, 0.2) is 42.9 Å². The molecule has 3 aromatic rings. The van der Waals surface area contributed by atoms with Crippen molar-refractivity contribution in [1.82, 2.24) is 19.9 Å². The minimum absolute atomic E-state index is 0.320. The van der Waals surface area contributed by atoms with Crippen molar-refractivity contribution in [3.05, 3.63) is 48.5 Å². The Morgan fingerprint density at radius 3 is 2.53 bits per heavy atom. The van der Waals surface area contributed by atoms with Gasteiger partial charge in [-0.05, 0) is 79.8 Å². The van der Waals surface area contributed by atoms with E-state index in [1.54, 1.807) is 6.33 Å². The molecule has 34 heavy (non-hydrogen) atoms. The molecule has 0 atom stereocenters. The van der Waals surface area contributed by atoms with Gasteiger partial charge >= 0.3 is 0 Å². The predicted molar refractivity (Wildman–Crippen MR) is 134 cm³/mol. The van der Waals surface area contributed by atoms with E-state index in [-0.39, 0.29) is 0 Å². The zero-order chi connectivity index (χ0) is 22.9. The fourth-order valence-electron chi connectivity index (χ4n) is 5.25. The molecular weight excluding hydrogens is 422 g/mol. The lowest BCUT2D eigenvalue weighted by atomic mass is 9.86. The van der Waals surface area contributed by atoms with Crippen LogP contribution in [0.25, 0.3) is 22.0 Å². The molecule has 3 aliphatic rings. The highest BCUT2D eigenvalue weighted by atomic mass is 16.2. The third-order valence-corrected chi connectivity index (χ3v) is 7.53. The average molecular weight is 456 g/mol. The average Bonchev–Trinajstić information content (AvgIpc) is 3.79. The lowest BCUT2D eigenvalue weighted by molar-refractivity contribution is -0.133. The van der Waals surface area contributed by atoms with Crippen LogP contribution in [0, 0.1) is 5.92 Å². The van der Waals surface area contributed by atoms with E-state index in [0.717, 1.165) is 46.4 Å². The quantitative estimate of drug-likeness (QED) is 0.470. The molecular formula is C28H33N5O. The summed E-state index contributed by atoms with van der Waals surface area (Å²) in [4.78, 5) is 28.9. The number of anilines is 1. The Balaban J connectivity index is 1.22. The number of nitrogens with zero attached hydrogens (tertiary/aromatic N) is 4. The van der Waals surface area contributed by atoms with Gasteiger partial charge < -0.3 is 10.2 Å². The molecule has 176 valence electrons. The summed E-state index contributed by atoms with van der Waals surface area (Å²) in [7, 11) is 0. The van der Waals surface area contributed by atoms with Crippen molar-refractivity contribution in [2.45, 2.75) is 82.8 Å². The molecule has 6 nitrogen and oxygen atoms in total. The van der Waals surface area contributed by atoms with Crippen LogP contribution in [0.2, 0.25) is 0 Å². The summed E-state index contributed by atoms with van der Waals surface area (Å²) in [6.45, 7) is 0.606. The van der Waals surface area contributed by atoms with Crippen LogP contribution in [0.1, 0.15) is 69.9 Å². The number of nitrogens with one attached hydrogen (secondary N) is 1. The molecule has 3 aliphatic carbocycles. The largest absolute Gasteiger partial charge is 0.367 e. The lowest BCUT2D eigenvalue weighted by Crippen LogP contribution is -2.34. The summed E-state index contributed by atoms with van der Waals surface area (Å²) in [5.41, 5.74) is 4.14. The third-order valence-electron chi connectivity index (χ3n) is 7.53. The monoisotopic (exact) mass is 455 g/mol. The molecule has 0 radical (unpaired) electrons. The fourth-order valence-corrected chi connectivity index (χ4v) is 5.25. The Hall–Kier alpha value is -3.02. The molecule has 0 saturated heterocycles. The Labute approximate surface area is 201 Å². The van der Waals surface area contributed by atoms with E-state index in [4.69, 9.17) is 0 Å². The van der Waals surface area contributed by atoms with Crippen molar-refractivity contribution in [2.24, 2.45) is 5.92 Å². The second kappa shape index (κ2) is 9.32. The van der Waals surface area contributed by atoms with Gasteiger partial charge in [-0.2, -0.15) is 0 Å². The highest BCUT2D eigenvalue weighted by Crippen LogP contribution is 2.33. The number of rotatable bonds is 8. The molecule has 0 aliphatic heterocycles. The van der Waals surface area contributed by atoms with Crippen LogP contribution >= 0.6 is 0 Å². The number of benzene rings is 1. The molecule has 0 bridgehead atoms. The van der Waals surface area contributed by atoms with E-state index in [9.17, 15) is 4.79 Å². The predicted octanol–water partition coefficient (Wildman–Crippen LogP) is 5.73. The van der Waals surface area contributed by atoms with Gasteiger partial charge in [0.05, 0.1) is 17.8 Å². The summed E-state index contributed by atoms with van der Waals surface area (Å²) in [6.07, 6.45) is 15.2. The highest BCUT2D eigenvalue weighted by molar-refractivity contribution is 5.92. The molecule has 6 rings (SSSR count). The zero-order valence-electron chi connectivity index (χ0n) is 19.7. The Morgan fingerprint density at radius 1 is 0.912 bits per heavy atom. The molecule has 0 unspecified atom stereocenters. The van der Waals surface area contributed by atoms with E-state index in [1.165, 1.54) is 44.9 Å². The van der Waals surface area contributed by atoms with Gasteiger partial charge in [-0.3, -0.25) is 9.78 Å². The first-order chi connectivity index (χ1) is 16.7. The molecule has 0 spiro atoms. The van der Waals surface area contributed by atoms with Gasteiger partial charge in [0.25, 0.3) is 0 Å². The van der Waals surface area contributed by atoms with Crippen LogP contribution in [0.3, 0.4) is 0 Å². The zero-order valence-corrected chi connectivity index (χ0v) is 19.7. The van der Waals surface area contributed by atoms with Crippen molar-refractivity contribution in [1.29, 1.82) is 0 Å². The topological polar surface area (TPSA) is 71.0 Å². The number of pyridine rings is 1. The minimum Gasteiger partial charge on any atom is -0.367 e. The van der Waals surface area contributed by atoms with Crippen molar-refractivity contribution in [3.8, 4) is 11.1 Å². The first-order valence-electron chi connectivity index (χ1n) is 13.0. The SMILES string of the molecule is O=C(CC1CCCCC1)N(Cc1cc(-c2ccc3ncnc(NC4CC4)c3c2)ccn1)C1CC1. The van der Waals surface area contributed by atoms with Crippen molar-refractivity contribution in [2.75, 3.05) is 5.32 Å². The number of hydrogen-bond acceptors (Lipinski definition) is 5. The van der Waals surface area contributed by atoms with Gasteiger partial charge in [0.2, 0.25) is 5.91 Å². The minimum atomic E-state index is 0.320. The molecule has 1 aromatic carbocycles. The summed E-state index contributed by atoms with van der Waals surface area (Å²) >= 11 is 0. The van der Waals surface area contributed by atoms with Gasteiger partial charge in [0.15, 0.2) is 0 Å². The second-order valence-electron chi connectivity index (χ2n) is 10.4. The fraction of sp³-hybridized carbons (Fsp3) is 0.500. The summed E-state index contributed by atoms with van der Waals surface area (Å²) in [5.74, 6) is 1.80. The van der Waals surface area contributed by atoms with Crippen LogP contribution < -0.4 is 5.32 Å².